The Kier molecular flexibility index (Phi) is 3.64. The molecule has 0 aromatic heterocycles. The Labute approximate surface area is 80.7 Å². The molecule has 0 aliphatic rings. The van der Waals surface area contributed by atoms with Crippen LogP contribution < -0.4 is 4.74 Å². The second kappa shape index (κ2) is 4.77. The van der Waals surface area contributed by atoms with Crippen LogP contribution in [0.3, 0.4) is 0 Å². The van der Waals surface area contributed by atoms with Crippen molar-refractivity contribution in [1.82, 2.24) is 0 Å². The van der Waals surface area contributed by atoms with Gasteiger partial charge in [0.2, 0.25) is 0 Å². The number of thioether (sulfide) groups is 1. The van der Waals surface area contributed by atoms with Crippen LogP contribution in [0.4, 0.5) is 0 Å². The number of hydrogen-bond donors (Lipinski definition) is 1. The summed E-state index contributed by atoms with van der Waals surface area (Å²) in [5, 5.41) is 8.61. The second-order valence-electron chi connectivity index (χ2n) is 2.38. The minimum atomic E-state index is -0.920. The third-order valence-corrected chi connectivity index (χ3v) is 1.80. The second-order valence-corrected chi connectivity index (χ2v) is 3.19. The van der Waals surface area contributed by atoms with Gasteiger partial charge in [0, 0.05) is 0 Å². The molecule has 3 nitrogen and oxygen atoms in total. The minimum absolute atomic E-state index is 0.275. The van der Waals surface area contributed by atoms with Crippen LogP contribution in [0.2, 0.25) is 0 Å². The fourth-order valence-corrected chi connectivity index (χ4v) is 1.07. The zero-order valence-electron chi connectivity index (χ0n) is 7.19. The fourth-order valence-electron chi connectivity index (χ4n) is 0.821. The van der Waals surface area contributed by atoms with E-state index in [1.54, 1.807) is 23.9 Å². The summed E-state index contributed by atoms with van der Waals surface area (Å²) in [6, 6.07) is 6.36. The predicted molar refractivity (Wildman–Crippen MR) is 52.4 cm³/mol. The summed E-state index contributed by atoms with van der Waals surface area (Å²) in [7, 11) is 0. The molecule has 0 unspecified atom stereocenters. The lowest BCUT2D eigenvalue weighted by atomic mass is 10.2. The van der Waals surface area contributed by atoms with Gasteiger partial charge in [-0.3, -0.25) is 0 Å². The summed E-state index contributed by atoms with van der Waals surface area (Å²) in [5.74, 6) is 0.350. The number of carboxylic acid groups (broad SMARTS) is 1. The molecule has 13 heavy (non-hydrogen) atoms. The molecule has 1 aromatic carbocycles. The molecule has 1 aromatic rings. The van der Waals surface area contributed by atoms with Crippen molar-refractivity contribution in [2.45, 2.75) is 0 Å². The zero-order valence-corrected chi connectivity index (χ0v) is 8.00. The Balaban J connectivity index is 2.64. The van der Waals surface area contributed by atoms with Crippen molar-refractivity contribution >= 4 is 17.7 Å². The maximum absolute atomic E-state index is 10.5. The molecule has 0 fully saturated rings. The molecule has 0 saturated carbocycles. The molecule has 4 heteroatoms. The van der Waals surface area contributed by atoms with Crippen LogP contribution in [0.5, 0.6) is 5.75 Å². The van der Waals surface area contributed by atoms with Crippen LogP contribution in [0.25, 0.3) is 0 Å². The van der Waals surface area contributed by atoms with E-state index in [0.717, 1.165) is 0 Å². The number of benzene rings is 1. The van der Waals surface area contributed by atoms with Gasteiger partial charge in [0.05, 0.1) is 5.56 Å². The van der Waals surface area contributed by atoms with Gasteiger partial charge >= 0.3 is 5.97 Å². The van der Waals surface area contributed by atoms with Crippen LogP contribution in [0, 0.1) is 0 Å². The molecule has 0 amide bonds. The molecule has 1 N–H and O–H groups in total. The average Bonchev–Trinajstić information content (AvgIpc) is 2.15. The molecule has 0 spiro atoms. The van der Waals surface area contributed by atoms with Gasteiger partial charge in [-0.05, 0) is 30.5 Å². The van der Waals surface area contributed by atoms with E-state index >= 15 is 0 Å². The molecular weight excluding hydrogens is 188 g/mol. The number of ether oxygens (including phenoxy) is 1. The smallest absolute Gasteiger partial charge is 0.335 e. The van der Waals surface area contributed by atoms with Gasteiger partial charge in [-0.1, -0.05) is 0 Å². The number of rotatable bonds is 4. The summed E-state index contributed by atoms with van der Waals surface area (Å²) in [6.45, 7) is 0. The van der Waals surface area contributed by atoms with Gasteiger partial charge in [-0.15, -0.1) is 11.8 Å². The summed E-state index contributed by atoms with van der Waals surface area (Å²) in [4.78, 5) is 10.5. The van der Waals surface area contributed by atoms with E-state index in [4.69, 9.17) is 9.84 Å². The molecule has 0 atom stereocenters. The standard InChI is InChI=1S/C9H10O3S/c1-13-6-12-8-4-2-7(3-5-8)9(10)11/h2-5H,6H2,1H3,(H,10,11). The van der Waals surface area contributed by atoms with Crippen LogP contribution >= 0.6 is 11.8 Å². The fraction of sp³-hybridized carbons (Fsp3) is 0.222. The highest BCUT2D eigenvalue weighted by Gasteiger charge is 2.01. The van der Waals surface area contributed by atoms with Crippen molar-refractivity contribution < 1.29 is 14.6 Å². The van der Waals surface area contributed by atoms with Crippen molar-refractivity contribution in [3.8, 4) is 5.75 Å². The highest BCUT2D eigenvalue weighted by atomic mass is 32.2. The van der Waals surface area contributed by atoms with Gasteiger partial charge in [0.1, 0.15) is 11.7 Å². The van der Waals surface area contributed by atoms with Gasteiger partial charge in [-0.2, -0.15) is 0 Å². The normalized spacial score (nSPS) is 9.62. The Morgan fingerprint density at radius 2 is 2.08 bits per heavy atom. The maximum atomic E-state index is 10.5. The summed E-state index contributed by atoms with van der Waals surface area (Å²) in [6.07, 6.45) is 1.94. The highest BCUT2D eigenvalue weighted by Crippen LogP contribution is 2.13. The van der Waals surface area contributed by atoms with Crippen molar-refractivity contribution in [3.63, 3.8) is 0 Å². The quantitative estimate of drug-likeness (QED) is 0.752. The van der Waals surface area contributed by atoms with E-state index in [1.807, 2.05) is 6.26 Å². The van der Waals surface area contributed by atoms with Crippen LogP contribution in [0.15, 0.2) is 24.3 Å². The first-order chi connectivity index (χ1) is 6.24. The van der Waals surface area contributed by atoms with Gasteiger partial charge < -0.3 is 9.84 Å². The molecule has 0 heterocycles. The summed E-state index contributed by atoms with van der Waals surface area (Å²) >= 11 is 1.57. The zero-order chi connectivity index (χ0) is 9.68. The molecular formula is C9H10O3S. The molecule has 0 bridgehead atoms. The Morgan fingerprint density at radius 3 is 2.54 bits per heavy atom. The van der Waals surface area contributed by atoms with Crippen molar-refractivity contribution in [2.24, 2.45) is 0 Å². The van der Waals surface area contributed by atoms with Crippen molar-refractivity contribution in [1.29, 1.82) is 0 Å². The summed E-state index contributed by atoms with van der Waals surface area (Å²) < 4.78 is 5.26. The topological polar surface area (TPSA) is 46.5 Å². The van der Waals surface area contributed by atoms with Gasteiger partial charge in [-0.25, -0.2) is 4.79 Å². The van der Waals surface area contributed by atoms with Crippen LogP contribution in [0.1, 0.15) is 10.4 Å². The molecule has 0 saturated heterocycles. The van der Waals surface area contributed by atoms with Crippen molar-refractivity contribution in [2.75, 3.05) is 12.2 Å². The Hall–Kier alpha value is -1.16. The number of carbonyl (C=O) groups is 1. The molecule has 1 rings (SSSR count). The Bertz CT molecular complexity index is 281. The average molecular weight is 198 g/mol. The maximum Gasteiger partial charge on any atom is 0.335 e. The first-order valence-electron chi connectivity index (χ1n) is 3.69. The van der Waals surface area contributed by atoms with Gasteiger partial charge in [0.15, 0.2) is 0 Å². The van der Waals surface area contributed by atoms with E-state index < -0.39 is 5.97 Å². The lowest BCUT2D eigenvalue weighted by Crippen LogP contribution is -1.96. The largest absolute Gasteiger partial charge is 0.483 e. The monoisotopic (exact) mass is 198 g/mol. The number of hydrogen-bond acceptors (Lipinski definition) is 3. The van der Waals surface area contributed by atoms with Crippen LogP contribution in [-0.2, 0) is 0 Å². The van der Waals surface area contributed by atoms with E-state index in [-0.39, 0.29) is 5.56 Å². The number of aromatic carboxylic acids is 1. The third-order valence-electron chi connectivity index (χ3n) is 1.44. The highest BCUT2D eigenvalue weighted by molar-refractivity contribution is 7.98. The summed E-state index contributed by atoms with van der Waals surface area (Å²) in [5.41, 5.74) is 0.275. The van der Waals surface area contributed by atoms with E-state index in [2.05, 4.69) is 0 Å². The molecule has 0 aliphatic carbocycles. The van der Waals surface area contributed by atoms with Crippen molar-refractivity contribution in [3.05, 3.63) is 29.8 Å². The molecule has 0 radical (unpaired) electrons. The Morgan fingerprint density at radius 1 is 1.46 bits per heavy atom. The molecule has 70 valence electrons. The van der Waals surface area contributed by atoms with Gasteiger partial charge in [0.25, 0.3) is 0 Å². The minimum Gasteiger partial charge on any atom is -0.483 e. The SMILES string of the molecule is CSCOc1ccc(C(=O)O)cc1. The molecule has 0 aliphatic heterocycles. The van der Waals surface area contributed by atoms with E-state index in [0.29, 0.717) is 11.7 Å². The lowest BCUT2D eigenvalue weighted by molar-refractivity contribution is 0.0697. The van der Waals surface area contributed by atoms with Crippen LogP contribution in [-0.4, -0.2) is 23.3 Å². The first-order valence-corrected chi connectivity index (χ1v) is 5.08. The predicted octanol–water partition coefficient (Wildman–Crippen LogP) is 2.08. The van der Waals surface area contributed by atoms with E-state index in [1.165, 1.54) is 12.1 Å². The number of carboxylic acids is 1. The first kappa shape index (κ1) is 9.92. The third kappa shape index (κ3) is 2.99. The van der Waals surface area contributed by atoms with E-state index in [9.17, 15) is 4.79 Å². The lowest BCUT2D eigenvalue weighted by Gasteiger charge is -2.03.